The van der Waals surface area contributed by atoms with E-state index in [0.717, 1.165) is 18.8 Å². The predicted octanol–water partition coefficient (Wildman–Crippen LogP) is 0.771. The summed E-state index contributed by atoms with van der Waals surface area (Å²) in [6, 6.07) is 0. The van der Waals surface area contributed by atoms with Gasteiger partial charge in [-0.15, -0.1) is 0 Å². The van der Waals surface area contributed by atoms with Crippen LogP contribution in [0.25, 0.3) is 0 Å². The lowest BCUT2D eigenvalue weighted by Crippen LogP contribution is -2.24. The Kier molecular flexibility index (Phi) is 3.99. The number of rotatable bonds is 3. The van der Waals surface area contributed by atoms with Crippen LogP contribution in [0, 0.1) is 0 Å². The van der Waals surface area contributed by atoms with Gasteiger partial charge in [-0.3, -0.25) is 4.90 Å². The van der Waals surface area contributed by atoms with E-state index in [-0.39, 0.29) is 6.61 Å². The minimum atomic E-state index is 0.0736. The van der Waals surface area contributed by atoms with Gasteiger partial charge in [-0.2, -0.15) is 0 Å². The fourth-order valence-corrected chi connectivity index (χ4v) is 1.30. The lowest BCUT2D eigenvalue weighted by molar-refractivity contribution is 0.143. The molecule has 0 atom stereocenters. The molecule has 3 nitrogen and oxygen atoms in total. The zero-order valence-corrected chi connectivity index (χ0v) is 8.29. The van der Waals surface area contributed by atoms with Crippen molar-refractivity contribution < 1.29 is 9.84 Å². The van der Waals surface area contributed by atoms with Gasteiger partial charge in [0.2, 0.25) is 0 Å². The molecule has 0 aliphatic carbocycles. The standard InChI is InChI=1S/C10H17NO2/c1-9(13-7-6-12)10-4-3-5-11(2)8-10/h3-4,12H,5-8H2,1-2H3/b10-9-. The van der Waals surface area contributed by atoms with E-state index < -0.39 is 0 Å². The average Bonchev–Trinajstić information content (AvgIpc) is 2.14. The first-order valence-electron chi connectivity index (χ1n) is 4.52. The summed E-state index contributed by atoms with van der Waals surface area (Å²) in [7, 11) is 2.07. The van der Waals surface area contributed by atoms with Gasteiger partial charge in [0, 0.05) is 18.7 Å². The minimum absolute atomic E-state index is 0.0736. The van der Waals surface area contributed by atoms with E-state index in [1.165, 1.54) is 5.57 Å². The smallest absolute Gasteiger partial charge is 0.111 e. The molecule has 0 aromatic carbocycles. The molecule has 1 heterocycles. The van der Waals surface area contributed by atoms with Crippen molar-refractivity contribution in [1.29, 1.82) is 0 Å². The van der Waals surface area contributed by atoms with Gasteiger partial charge in [-0.05, 0) is 14.0 Å². The highest BCUT2D eigenvalue weighted by Crippen LogP contribution is 2.12. The Morgan fingerprint density at radius 1 is 1.69 bits per heavy atom. The maximum absolute atomic E-state index is 8.59. The lowest BCUT2D eigenvalue weighted by atomic mass is 10.1. The Labute approximate surface area is 79.3 Å². The van der Waals surface area contributed by atoms with Crippen molar-refractivity contribution in [3.8, 4) is 0 Å². The van der Waals surface area contributed by atoms with Crippen LogP contribution in [0.1, 0.15) is 6.92 Å². The molecule has 0 unspecified atom stereocenters. The summed E-state index contributed by atoms with van der Waals surface area (Å²) < 4.78 is 5.33. The van der Waals surface area contributed by atoms with Crippen molar-refractivity contribution in [2.24, 2.45) is 0 Å². The minimum Gasteiger partial charge on any atom is -0.496 e. The molecule has 0 fully saturated rings. The van der Waals surface area contributed by atoms with Crippen molar-refractivity contribution in [1.82, 2.24) is 4.90 Å². The third kappa shape index (κ3) is 3.20. The quantitative estimate of drug-likeness (QED) is 0.656. The maximum atomic E-state index is 8.59. The van der Waals surface area contributed by atoms with Crippen LogP contribution in [0.5, 0.6) is 0 Å². The first-order chi connectivity index (χ1) is 6.24. The van der Waals surface area contributed by atoms with Crippen molar-refractivity contribution in [3.05, 3.63) is 23.5 Å². The normalized spacial score (nSPS) is 21.8. The zero-order valence-electron chi connectivity index (χ0n) is 8.29. The number of aliphatic hydroxyl groups excluding tert-OH is 1. The van der Waals surface area contributed by atoms with Gasteiger partial charge in [0.05, 0.1) is 12.4 Å². The lowest BCUT2D eigenvalue weighted by Gasteiger charge is -2.21. The van der Waals surface area contributed by atoms with Crippen molar-refractivity contribution in [2.45, 2.75) is 6.92 Å². The molecule has 0 radical (unpaired) electrons. The molecule has 0 aromatic rings. The average molecular weight is 183 g/mol. The molecule has 74 valence electrons. The third-order valence-electron chi connectivity index (χ3n) is 2.04. The molecule has 1 rings (SSSR count). The number of aliphatic hydroxyl groups is 1. The molecule has 3 heteroatoms. The fraction of sp³-hybridized carbons (Fsp3) is 0.600. The molecule has 1 aliphatic rings. The summed E-state index contributed by atoms with van der Waals surface area (Å²) in [6.07, 6.45) is 4.21. The molecule has 1 N–H and O–H groups in total. The SMILES string of the molecule is C/C(OCCO)=C1\C=CCN(C)C1. The Bertz CT molecular complexity index is 221. The molecule has 1 aliphatic heterocycles. The molecule has 0 amide bonds. The molecular formula is C10H17NO2. The van der Waals surface area contributed by atoms with Crippen LogP contribution < -0.4 is 0 Å². The highest BCUT2D eigenvalue weighted by atomic mass is 16.5. The van der Waals surface area contributed by atoms with Gasteiger partial charge < -0.3 is 9.84 Å². The van der Waals surface area contributed by atoms with E-state index in [1.54, 1.807) is 0 Å². The Balaban J connectivity index is 2.56. The number of hydrogen-bond donors (Lipinski definition) is 1. The first-order valence-corrected chi connectivity index (χ1v) is 4.52. The Morgan fingerprint density at radius 3 is 3.08 bits per heavy atom. The second kappa shape index (κ2) is 5.04. The molecular weight excluding hydrogens is 166 g/mol. The highest BCUT2D eigenvalue weighted by molar-refractivity contribution is 5.26. The van der Waals surface area contributed by atoms with E-state index in [0.29, 0.717) is 6.61 Å². The monoisotopic (exact) mass is 183 g/mol. The number of nitrogens with zero attached hydrogens (tertiary/aromatic N) is 1. The van der Waals surface area contributed by atoms with Crippen LogP contribution in [-0.4, -0.2) is 43.4 Å². The predicted molar refractivity (Wildman–Crippen MR) is 52.4 cm³/mol. The van der Waals surface area contributed by atoms with Crippen LogP contribution in [0.2, 0.25) is 0 Å². The summed E-state index contributed by atoms with van der Waals surface area (Å²) in [4.78, 5) is 2.21. The van der Waals surface area contributed by atoms with Gasteiger partial charge in [0.25, 0.3) is 0 Å². The van der Waals surface area contributed by atoms with Crippen molar-refractivity contribution in [2.75, 3.05) is 33.4 Å². The number of ether oxygens (including phenoxy) is 1. The summed E-state index contributed by atoms with van der Waals surface area (Å²) in [5.74, 6) is 0.914. The van der Waals surface area contributed by atoms with E-state index in [4.69, 9.17) is 9.84 Å². The van der Waals surface area contributed by atoms with Crippen LogP contribution in [0.3, 0.4) is 0 Å². The third-order valence-corrected chi connectivity index (χ3v) is 2.04. The van der Waals surface area contributed by atoms with Crippen LogP contribution in [0.4, 0.5) is 0 Å². The van der Waals surface area contributed by atoms with Crippen LogP contribution in [-0.2, 0) is 4.74 Å². The van der Waals surface area contributed by atoms with Crippen molar-refractivity contribution >= 4 is 0 Å². The second-order valence-corrected chi connectivity index (χ2v) is 3.25. The molecule has 0 aromatic heterocycles. The largest absolute Gasteiger partial charge is 0.496 e. The van der Waals surface area contributed by atoms with Crippen LogP contribution in [0.15, 0.2) is 23.5 Å². The maximum Gasteiger partial charge on any atom is 0.111 e. The van der Waals surface area contributed by atoms with E-state index in [2.05, 4.69) is 24.1 Å². The van der Waals surface area contributed by atoms with Crippen molar-refractivity contribution in [3.63, 3.8) is 0 Å². The summed E-state index contributed by atoms with van der Waals surface area (Å²) in [5.41, 5.74) is 1.20. The number of hydrogen-bond acceptors (Lipinski definition) is 3. The summed E-state index contributed by atoms with van der Waals surface area (Å²) >= 11 is 0. The number of likely N-dealkylation sites (N-methyl/N-ethyl adjacent to an activating group) is 1. The van der Waals surface area contributed by atoms with Crippen LogP contribution >= 0.6 is 0 Å². The molecule has 0 saturated heterocycles. The van der Waals surface area contributed by atoms with Gasteiger partial charge in [0.1, 0.15) is 6.61 Å². The molecule has 13 heavy (non-hydrogen) atoms. The summed E-state index contributed by atoms with van der Waals surface area (Å²) in [5, 5.41) is 8.59. The number of allylic oxidation sites excluding steroid dienone is 1. The van der Waals surface area contributed by atoms with Gasteiger partial charge in [-0.1, -0.05) is 12.2 Å². The zero-order chi connectivity index (χ0) is 9.68. The van der Waals surface area contributed by atoms with Gasteiger partial charge >= 0.3 is 0 Å². The highest BCUT2D eigenvalue weighted by Gasteiger charge is 2.08. The molecule has 0 saturated carbocycles. The van der Waals surface area contributed by atoms with Gasteiger partial charge in [0.15, 0.2) is 0 Å². The van der Waals surface area contributed by atoms with E-state index in [1.807, 2.05) is 6.92 Å². The van der Waals surface area contributed by atoms with E-state index >= 15 is 0 Å². The Morgan fingerprint density at radius 2 is 2.46 bits per heavy atom. The molecule has 0 bridgehead atoms. The molecule has 0 spiro atoms. The fourth-order valence-electron chi connectivity index (χ4n) is 1.30. The summed E-state index contributed by atoms with van der Waals surface area (Å²) in [6.45, 7) is 4.32. The van der Waals surface area contributed by atoms with Gasteiger partial charge in [-0.25, -0.2) is 0 Å². The van der Waals surface area contributed by atoms with E-state index in [9.17, 15) is 0 Å². The first kappa shape index (κ1) is 10.3. The topological polar surface area (TPSA) is 32.7 Å². The Hall–Kier alpha value is -0.800. The second-order valence-electron chi connectivity index (χ2n) is 3.25.